The van der Waals surface area contributed by atoms with Gasteiger partial charge in [0.2, 0.25) is 5.78 Å². The van der Waals surface area contributed by atoms with Gasteiger partial charge in [-0.1, -0.05) is 50.1 Å². The van der Waals surface area contributed by atoms with Gasteiger partial charge in [0.15, 0.2) is 5.78 Å². The number of allylic oxidation sites excluding steroid dienone is 2. The van der Waals surface area contributed by atoms with Crippen molar-refractivity contribution in [2.75, 3.05) is 5.32 Å². The average Bonchev–Trinajstić information content (AvgIpc) is 2.69. The maximum absolute atomic E-state index is 13.0. The summed E-state index contributed by atoms with van der Waals surface area (Å²) in [4.78, 5) is 25.6. The fourth-order valence-electron chi connectivity index (χ4n) is 2.42. The van der Waals surface area contributed by atoms with Gasteiger partial charge in [-0.25, -0.2) is 0 Å². The van der Waals surface area contributed by atoms with Crippen LogP contribution in [0.1, 0.15) is 20.7 Å². The topological polar surface area (TPSA) is 46.2 Å². The van der Waals surface area contributed by atoms with Crippen LogP contribution in [-0.2, 0) is 0 Å². The highest BCUT2D eigenvalue weighted by molar-refractivity contribution is 9.10. The van der Waals surface area contributed by atoms with Gasteiger partial charge < -0.3 is 5.32 Å². The second-order valence-corrected chi connectivity index (χ2v) is 7.59. The lowest BCUT2D eigenvalue weighted by Crippen LogP contribution is -2.14. The van der Waals surface area contributed by atoms with Crippen molar-refractivity contribution in [3.63, 3.8) is 0 Å². The highest BCUT2D eigenvalue weighted by Crippen LogP contribution is 2.18. The van der Waals surface area contributed by atoms with Crippen molar-refractivity contribution in [3.05, 3.63) is 111 Å². The number of anilines is 1. The van der Waals surface area contributed by atoms with Crippen molar-refractivity contribution in [2.45, 2.75) is 0 Å². The van der Waals surface area contributed by atoms with Gasteiger partial charge in [0.25, 0.3) is 0 Å². The van der Waals surface area contributed by atoms with Crippen LogP contribution in [0.3, 0.4) is 0 Å². The minimum absolute atomic E-state index is 0.219. The second-order valence-electron chi connectivity index (χ2n) is 5.76. The number of ketones is 2. The molecule has 27 heavy (non-hydrogen) atoms. The third kappa shape index (κ3) is 5.25. The molecular formula is C22H15Br2NO2. The normalized spacial score (nSPS) is 11.1. The molecule has 3 nitrogen and oxygen atoms in total. The first kappa shape index (κ1) is 19.3. The van der Waals surface area contributed by atoms with E-state index in [0.29, 0.717) is 11.1 Å². The number of halogens is 2. The largest absolute Gasteiger partial charge is 0.352 e. The van der Waals surface area contributed by atoms with E-state index in [-0.39, 0.29) is 17.3 Å². The van der Waals surface area contributed by atoms with Crippen molar-refractivity contribution in [1.82, 2.24) is 0 Å². The Morgan fingerprint density at radius 3 is 1.78 bits per heavy atom. The van der Waals surface area contributed by atoms with Gasteiger partial charge in [-0.3, -0.25) is 9.59 Å². The lowest BCUT2D eigenvalue weighted by atomic mass is 10.0. The van der Waals surface area contributed by atoms with Gasteiger partial charge in [0, 0.05) is 31.8 Å². The molecule has 0 aliphatic heterocycles. The zero-order chi connectivity index (χ0) is 19.2. The summed E-state index contributed by atoms with van der Waals surface area (Å²) in [5.41, 5.74) is 1.96. The van der Waals surface area contributed by atoms with Crippen LogP contribution in [0.25, 0.3) is 0 Å². The summed E-state index contributed by atoms with van der Waals surface area (Å²) in [5.74, 6) is -0.497. The van der Waals surface area contributed by atoms with Gasteiger partial charge >= 0.3 is 0 Å². The molecule has 0 atom stereocenters. The van der Waals surface area contributed by atoms with E-state index in [4.69, 9.17) is 0 Å². The number of rotatable bonds is 6. The summed E-state index contributed by atoms with van der Waals surface area (Å²) in [7, 11) is 0. The van der Waals surface area contributed by atoms with E-state index < -0.39 is 0 Å². The van der Waals surface area contributed by atoms with Crippen LogP contribution < -0.4 is 5.32 Å². The molecule has 0 bridgehead atoms. The third-order valence-corrected chi connectivity index (χ3v) is 4.87. The Morgan fingerprint density at radius 2 is 1.22 bits per heavy atom. The molecule has 0 aliphatic carbocycles. The number of carbonyl (C=O) groups excluding carboxylic acids is 2. The number of Topliss-reactive ketones (excluding diaryl/α,β-unsaturated/α-hetero) is 1. The quantitative estimate of drug-likeness (QED) is 0.331. The molecule has 0 heterocycles. The first-order valence-corrected chi connectivity index (χ1v) is 9.75. The molecule has 3 aromatic rings. The molecule has 0 fully saturated rings. The Balaban J connectivity index is 1.95. The van der Waals surface area contributed by atoms with Crippen LogP contribution in [0, 0.1) is 0 Å². The number of benzene rings is 3. The molecule has 0 saturated heterocycles. The Bertz CT molecular complexity index is 979. The zero-order valence-corrected chi connectivity index (χ0v) is 17.3. The number of hydrogen-bond donors (Lipinski definition) is 1. The predicted octanol–water partition coefficient (Wildman–Crippen LogP) is 6.27. The number of nitrogens with one attached hydrogen (secondary N) is 1. The molecule has 0 aliphatic rings. The average molecular weight is 485 g/mol. The third-order valence-electron chi connectivity index (χ3n) is 3.81. The van der Waals surface area contributed by atoms with Crippen LogP contribution in [0.15, 0.2) is 99.6 Å². The summed E-state index contributed by atoms with van der Waals surface area (Å²) in [6.07, 6.45) is 1.35. The lowest BCUT2D eigenvalue weighted by Gasteiger charge is -2.11. The molecule has 0 unspecified atom stereocenters. The minimum Gasteiger partial charge on any atom is -0.352 e. The Kier molecular flexibility index (Phi) is 6.37. The molecule has 3 rings (SSSR count). The first-order chi connectivity index (χ1) is 13.0. The van der Waals surface area contributed by atoms with E-state index in [1.54, 1.807) is 48.5 Å². The van der Waals surface area contributed by atoms with Crippen LogP contribution in [0.5, 0.6) is 0 Å². The second kappa shape index (κ2) is 8.93. The summed E-state index contributed by atoms with van der Waals surface area (Å²) in [6.45, 7) is 0. The molecule has 0 saturated carbocycles. The highest BCUT2D eigenvalue weighted by Gasteiger charge is 2.15. The molecule has 0 aromatic heterocycles. The summed E-state index contributed by atoms with van der Waals surface area (Å²) in [5, 5.41) is 3.07. The van der Waals surface area contributed by atoms with Gasteiger partial charge in [-0.15, -0.1) is 0 Å². The smallest absolute Gasteiger partial charge is 0.209 e. The molecule has 0 spiro atoms. The fourth-order valence-corrected chi connectivity index (χ4v) is 2.95. The molecule has 134 valence electrons. The number of para-hydroxylation sites is 1. The molecule has 5 heteroatoms. The zero-order valence-electron chi connectivity index (χ0n) is 14.2. The van der Waals surface area contributed by atoms with Crippen molar-refractivity contribution in [2.24, 2.45) is 0 Å². The van der Waals surface area contributed by atoms with E-state index in [1.807, 2.05) is 30.3 Å². The maximum Gasteiger partial charge on any atom is 0.209 e. The van der Waals surface area contributed by atoms with E-state index >= 15 is 0 Å². The van der Waals surface area contributed by atoms with Crippen LogP contribution in [0.4, 0.5) is 5.69 Å². The molecule has 3 aromatic carbocycles. The maximum atomic E-state index is 13.0. The lowest BCUT2D eigenvalue weighted by molar-refractivity contribution is 0.101. The van der Waals surface area contributed by atoms with Crippen molar-refractivity contribution in [3.8, 4) is 0 Å². The van der Waals surface area contributed by atoms with E-state index in [2.05, 4.69) is 37.2 Å². The monoisotopic (exact) mass is 483 g/mol. The van der Waals surface area contributed by atoms with Gasteiger partial charge in [-0.05, 0) is 60.7 Å². The van der Waals surface area contributed by atoms with Crippen molar-refractivity contribution < 1.29 is 9.59 Å². The Morgan fingerprint density at radius 1 is 0.704 bits per heavy atom. The SMILES string of the molecule is O=C(/C=C(/Nc1ccccc1)C(=O)c1ccc(Br)cc1)c1ccc(Br)cc1. The van der Waals surface area contributed by atoms with Crippen molar-refractivity contribution in [1.29, 1.82) is 0 Å². The van der Waals surface area contributed by atoms with Crippen LogP contribution >= 0.6 is 31.9 Å². The standard InChI is InChI=1S/C22H15Br2NO2/c23-17-10-6-15(7-11-17)21(26)14-20(25-19-4-2-1-3-5-19)22(27)16-8-12-18(24)13-9-16/h1-14,25H/b20-14+. The van der Waals surface area contributed by atoms with E-state index in [1.165, 1.54) is 6.08 Å². The first-order valence-electron chi connectivity index (χ1n) is 8.17. The summed E-state index contributed by atoms with van der Waals surface area (Å²) < 4.78 is 1.77. The molecule has 0 radical (unpaired) electrons. The van der Waals surface area contributed by atoms with Gasteiger partial charge in [-0.2, -0.15) is 0 Å². The Labute approximate surface area is 174 Å². The number of hydrogen-bond acceptors (Lipinski definition) is 3. The predicted molar refractivity (Wildman–Crippen MR) is 115 cm³/mol. The van der Waals surface area contributed by atoms with E-state index in [9.17, 15) is 9.59 Å². The molecule has 0 amide bonds. The highest BCUT2D eigenvalue weighted by atomic mass is 79.9. The van der Waals surface area contributed by atoms with Gasteiger partial charge in [0.05, 0.1) is 5.70 Å². The van der Waals surface area contributed by atoms with Crippen molar-refractivity contribution >= 4 is 49.1 Å². The molecule has 1 N–H and O–H groups in total. The summed E-state index contributed by atoms with van der Waals surface area (Å²) >= 11 is 6.71. The molecular weight excluding hydrogens is 470 g/mol. The number of carbonyl (C=O) groups is 2. The fraction of sp³-hybridized carbons (Fsp3) is 0. The van der Waals surface area contributed by atoms with E-state index in [0.717, 1.165) is 14.6 Å². The summed E-state index contributed by atoms with van der Waals surface area (Å²) in [6, 6.07) is 23.3. The van der Waals surface area contributed by atoms with Crippen LogP contribution in [0.2, 0.25) is 0 Å². The Hall–Kier alpha value is -2.50. The minimum atomic E-state index is -0.253. The van der Waals surface area contributed by atoms with Gasteiger partial charge in [0.1, 0.15) is 0 Å². The van der Waals surface area contributed by atoms with Crippen LogP contribution in [-0.4, -0.2) is 11.6 Å².